The molecule has 0 aliphatic carbocycles. The second-order valence-corrected chi connectivity index (χ2v) is 2.78. The Hall–Kier alpha value is -1.32. The topological polar surface area (TPSA) is 52.6 Å². The summed E-state index contributed by atoms with van der Waals surface area (Å²) in [6, 6.07) is 0. The molecule has 0 aromatic heterocycles. The lowest BCUT2D eigenvalue weighted by Crippen LogP contribution is -2.26. The van der Waals surface area contributed by atoms with Crippen molar-refractivity contribution in [2.45, 2.75) is 32.3 Å². The summed E-state index contributed by atoms with van der Waals surface area (Å²) in [4.78, 5) is 21.4. The van der Waals surface area contributed by atoms with Gasteiger partial charge in [0.1, 0.15) is 6.61 Å². The highest BCUT2D eigenvalue weighted by Crippen LogP contribution is 2.06. The van der Waals surface area contributed by atoms with Crippen LogP contribution in [0.5, 0.6) is 0 Å². The minimum absolute atomic E-state index is 0.143. The molecule has 0 N–H and O–H groups in total. The predicted molar refractivity (Wildman–Crippen MR) is 51.6 cm³/mol. The van der Waals surface area contributed by atoms with E-state index >= 15 is 0 Å². The van der Waals surface area contributed by atoms with Crippen LogP contribution in [0.25, 0.3) is 0 Å². The van der Waals surface area contributed by atoms with E-state index in [4.69, 9.17) is 4.74 Å². The fourth-order valence-electron chi connectivity index (χ4n) is 0.932. The van der Waals surface area contributed by atoms with Crippen LogP contribution in [-0.2, 0) is 19.1 Å². The van der Waals surface area contributed by atoms with Crippen LogP contribution in [-0.4, -0.2) is 25.2 Å². The van der Waals surface area contributed by atoms with Crippen molar-refractivity contribution < 1.29 is 19.1 Å². The van der Waals surface area contributed by atoms with Crippen molar-refractivity contribution in [1.82, 2.24) is 0 Å². The molecule has 0 amide bonds. The van der Waals surface area contributed by atoms with E-state index in [-0.39, 0.29) is 13.1 Å². The van der Waals surface area contributed by atoms with Crippen LogP contribution in [0.15, 0.2) is 12.7 Å². The third kappa shape index (κ3) is 5.35. The van der Waals surface area contributed by atoms with Gasteiger partial charge in [-0.05, 0) is 12.8 Å². The quantitative estimate of drug-likeness (QED) is 0.338. The molecule has 1 atom stereocenters. The molecule has 0 saturated heterocycles. The summed E-state index contributed by atoms with van der Waals surface area (Å²) >= 11 is 0. The molecule has 4 nitrogen and oxygen atoms in total. The van der Waals surface area contributed by atoms with Crippen LogP contribution in [0.2, 0.25) is 0 Å². The SMILES string of the molecule is C=CCOC(=O)C(CCCC)OC=O. The van der Waals surface area contributed by atoms with Crippen LogP contribution in [0.4, 0.5) is 0 Å². The Balaban J connectivity index is 3.95. The van der Waals surface area contributed by atoms with Crippen molar-refractivity contribution in [1.29, 1.82) is 0 Å². The van der Waals surface area contributed by atoms with Crippen molar-refractivity contribution in [3.8, 4) is 0 Å². The maximum Gasteiger partial charge on any atom is 0.347 e. The van der Waals surface area contributed by atoms with Crippen molar-refractivity contribution in [2.75, 3.05) is 6.61 Å². The highest BCUT2D eigenvalue weighted by atomic mass is 16.6. The number of carbonyl (C=O) groups is 2. The number of rotatable bonds is 8. The van der Waals surface area contributed by atoms with Crippen molar-refractivity contribution >= 4 is 12.4 Å². The van der Waals surface area contributed by atoms with Crippen molar-refractivity contribution in [3.63, 3.8) is 0 Å². The lowest BCUT2D eigenvalue weighted by Gasteiger charge is -2.12. The van der Waals surface area contributed by atoms with Gasteiger partial charge in [0.05, 0.1) is 0 Å². The van der Waals surface area contributed by atoms with Gasteiger partial charge >= 0.3 is 5.97 Å². The number of hydrogen-bond donors (Lipinski definition) is 0. The zero-order valence-electron chi connectivity index (χ0n) is 8.40. The Labute approximate surface area is 83.9 Å². The molecule has 14 heavy (non-hydrogen) atoms. The fraction of sp³-hybridized carbons (Fsp3) is 0.600. The molecule has 4 heteroatoms. The van der Waals surface area contributed by atoms with Gasteiger partial charge in [-0.3, -0.25) is 4.79 Å². The molecular formula is C10H16O4. The van der Waals surface area contributed by atoms with E-state index < -0.39 is 12.1 Å². The average Bonchev–Trinajstić information content (AvgIpc) is 2.20. The number of esters is 1. The monoisotopic (exact) mass is 200 g/mol. The minimum atomic E-state index is -0.771. The Morgan fingerprint density at radius 2 is 2.29 bits per heavy atom. The lowest BCUT2D eigenvalue weighted by molar-refractivity contribution is -0.161. The first-order valence-corrected chi connectivity index (χ1v) is 4.62. The van der Waals surface area contributed by atoms with Gasteiger partial charge in [0.25, 0.3) is 6.47 Å². The van der Waals surface area contributed by atoms with Crippen molar-refractivity contribution in [3.05, 3.63) is 12.7 Å². The van der Waals surface area contributed by atoms with E-state index in [0.29, 0.717) is 6.42 Å². The van der Waals surface area contributed by atoms with Gasteiger partial charge in [0, 0.05) is 0 Å². The highest BCUT2D eigenvalue weighted by Gasteiger charge is 2.19. The first kappa shape index (κ1) is 12.7. The number of hydrogen-bond acceptors (Lipinski definition) is 4. The van der Waals surface area contributed by atoms with Gasteiger partial charge in [0.2, 0.25) is 0 Å². The largest absolute Gasteiger partial charge is 0.459 e. The molecule has 0 radical (unpaired) electrons. The zero-order valence-corrected chi connectivity index (χ0v) is 8.40. The molecule has 1 unspecified atom stereocenters. The van der Waals surface area contributed by atoms with Gasteiger partial charge in [0.15, 0.2) is 6.10 Å². The molecule has 0 aliphatic rings. The molecule has 0 rings (SSSR count). The molecule has 80 valence electrons. The van der Waals surface area contributed by atoms with Gasteiger partial charge in [-0.2, -0.15) is 0 Å². The fourth-order valence-corrected chi connectivity index (χ4v) is 0.932. The molecule has 0 aliphatic heterocycles. The maximum absolute atomic E-state index is 11.2. The summed E-state index contributed by atoms with van der Waals surface area (Å²) in [5.74, 6) is -0.509. The molecule has 0 fully saturated rings. The van der Waals surface area contributed by atoms with E-state index in [1.807, 2.05) is 6.92 Å². The van der Waals surface area contributed by atoms with E-state index in [2.05, 4.69) is 11.3 Å². The van der Waals surface area contributed by atoms with Gasteiger partial charge in [-0.25, -0.2) is 4.79 Å². The highest BCUT2D eigenvalue weighted by molar-refractivity contribution is 5.75. The van der Waals surface area contributed by atoms with E-state index in [9.17, 15) is 9.59 Å². The van der Waals surface area contributed by atoms with Gasteiger partial charge < -0.3 is 9.47 Å². The second kappa shape index (κ2) is 8.29. The Morgan fingerprint density at radius 1 is 1.57 bits per heavy atom. The summed E-state index contributed by atoms with van der Waals surface area (Å²) < 4.78 is 9.38. The molecule has 0 aromatic carbocycles. The summed E-state index contributed by atoms with van der Waals surface area (Å²) in [6.07, 6.45) is 2.96. The Bertz CT molecular complexity index is 189. The van der Waals surface area contributed by atoms with Gasteiger partial charge in [-0.1, -0.05) is 26.0 Å². The van der Waals surface area contributed by atoms with Crippen LogP contribution < -0.4 is 0 Å². The molecule has 0 aromatic rings. The van der Waals surface area contributed by atoms with Crippen LogP contribution >= 0.6 is 0 Å². The number of carbonyl (C=O) groups excluding carboxylic acids is 2. The van der Waals surface area contributed by atoms with Gasteiger partial charge in [-0.15, -0.1) is 0 Å². The lowest BCUT2D eigenvalue weighted by atomic mass is 10.1. The molecule has 0 bridgehead atoms. The van der Waals surface area contributed by atoms with Crippen LogP contribution in [0.1, 0.15) is 26.2 Å². The summed E-state index contributed by atoms with van der Waals surface area (Å²) in [7, 11) is 0. The van der Waals surface area contributed by atoms with Crippen LogP contribution in [0, 0.1) is 0 Å². The summed E-state index contributed by atoms with van der Waals surface area (Å²) in [5, 5.41) is 0. The van der Waals surface area contributed by atoms with E-state index in [1.54, 1.807) is 0 Å². The normalized spacial score (nSPS) is 11.5. The Morgan fingerprint density at radius 3 is 2.79 bits per heavy atom. The summed E-state index contributed by atoms with van der Waals surface area (Å²) in [6.45, 7) is 5.82. The number of ether oxygens (including phenoxy) is 2. The number of unbranched alkanes of at least 4 members (excludes halogenated alkanes) is 1. The standard InChI is InChI=1S/C10H16O4/c1-3-5-6-9(14-8-11)10(12)13-7-4-2/h4,8-9H,2-3,5-7H2,1H3. The minimum Gasteiger partial charge on any atom is -0.459 e. The first-order valence-electron chi connectivity index (χ1n) is 4.62. The zero-order chi connectivity index (χ0) is 10.8. The molecular weight excluding hydrogens is 184 g/mol. The Kier molecular flexibility index (Phi) is 7.50. The summed E-state index contributed by atoms with van der Waals surface area (Å²) in [5.41, 5.74) is 0. The predicted octanol–water partition coefficient (Wildman–Crippen LogP) is 1.45. The van der Waals surface area contributed by atoms with E-state index in [1.165, 1.54) is 6.08 Å². The average molecular weight is 200 g/mol. The second-order valence-electron chi connectivity index (χ2n) is 2.78. The van der Waals surface area contributed by atoms with Crippen molar-refractivity contribution in [2.24, 2.45) is 0 Å². The molecule has 0 saturated carbocycles. The smallest absolute Gasteiger partial charge is 0.347 e. The maximum atomic E-state index is 11.2. The first-order chi connectivity index (χ1) is 6.76. The third-order valence-corrected chi connectivity index (χ3v) is 1.65. The molecule has 0 heterocycles. The third-order valence-electron chi connectivity index (χ3n) is 1.65. The van der Waals surface area contributed by atoms with Crippen LogP contribution in [0.3, 0.4) is 0 Å². The van der Waals surface area contributed by atoms with E-state index in [0.717, 1.165) is 12.8 Å². The molecule has 0 spiro atoms.